The van der Waals surface area contributed by atoms with Crippen LogP contribution in [0.15, 0.2) is 24.4 Å². The van der Waals surface area contributed by atoms with Gasteiger partial charge < -0.3 is 5.11 Å². The van der Waals surface area contributed by atoms with Crippen LogP contribution in [-0.2, 0) is 13.0 Å². The molecule has 1 aromatic carbocycles. The van der Waals surface area contributed by atoms with Gasteiger partial charge in [0.15, 0.2) is 0 Å². The van der Waals surface area contributed by atoms with Gasteiger partial charge in [0.2, 0.25) is 0 Å². The van der Waals surface area contributed by atoms with E-state index in [0.717, 1.165) is 0 Å². The molecule has 0 aliphatic rings. The molecule has 96 valence electrons. The van der Waals surface area contributed by atoms with Crippen LogP contribution in [-0.4, -0.2) is 20.1 Å². The average Bonchev–Trinajstić information content (AvgIpc) is 2.83. The molecule has 2 aromatic rings. The van der Waals surface area contributed by atoms with Crippen molar-refractivity contribution >= 4 is 11.6 Å². The smallest absolute Gasteiger partial charge is 0.145 e. The molecule has 1 aromatic heterocycles. The van der Waals surface area contributed by atoms with Crippen molar-refractivity contribution in [3.8, 4) is 0 Å². The number of aromatic nitrogens is 3. The Morgan fingerprint density at radius 3 is 3.00 bits per heavy atom. The second-order valence-corrected chi connectivity index (χ2v) is 4.31. The first-order valence-electron chi connectivity index (χ1n) is 5.62. The predicted molar refractivity (Wildman–Crippen MR) is 65.8 cm³/mol. The molecule has 1 heterocycles. The van der Waals surface area contributed by atoms with Gasteiger partial charge in [-0.05, 0) is 18.6 Å². The van der Waals surface area contributed by atoms with E-state index in [4.69, 9.17) is 11.6 Å². The van der Waals surface area contributed by atoms with Crippen LogP contribution >= 0.6 is 11.6 Å². The van der Waals surface area contributed by atoms with Gasteiger partial charge in [0, 0.05) is 13.0 Å². The molecule has 4 nitrogen and oxygen atoms in total. The highest BCUT2D eigenvalue weighted by atomic mass is 35.5. The Hall–Kier alpha value is -1.46. The Kier molecular flexibility index (Phi) is 3.93. The van der Waals surface area contributed by atoms with Crippen LogP contribution in [0.3, 0.4) is 0 Å². The first-order valence-corrected chi connectivity index (χ1v) is 6.00. The first kappa shape index (κ1) is 13.0. The quantitative estimate of drug-likeness (QED) is 0.927. The molecule has 0 saturated heterocycles. The molecule has 1 N–H and O–H groups in total. The van der Waals surface area contributed by atoms with E-state index in [-0.39, 0.29) is 11.4 Å². The van der Waals surface area contributed by atoms with E-state index in [1.165, 1.54) is 12.3 Å². The summed E-state index contributed by atoms with van der Waals surface area (Å²) in [4.78, 5) is 0. The summed E-state index contributed by atoms with van der Waals surface area (Å²) in [7, 11) is 0. The summed E-state index contributed by atoms with van der Waals surface area (Å²) >= 11 is 5.69. The molecule has 18 heavy (non-hydrogen) atoms. The van der Waals surface area contributed by atoms with Gasteiger partial charge >= 0.3 is 0 Å². The molecule has 0 radical (unpaired) electrons. The Bertz CT molecular complexity index is 544. The van der Waals surface area contributed by atoms with E-state index >= 15 is 0 Å². The monoisotopic (exact) mass is 269 g/mol. The molecule has 0 spiro atoms. The second-order valence-electron chi connectivity index (χ2n) is 3.91. The highest BCUT2D eigenvalue weighted by molar-refractivity contribution is 6.30. The number of benzene rings is 1. The number of rotatable bonds is 4. The van der Waals surface area contributed by atoms with Crippen LogP contribution in [0, 0.1) is 5.82 Å². The summed E-state index contributed by atoms with van der Waals surface area (Å²) in [6.07, 6.45) is 0.768. The lowest BCUT2D eigenvalue weighted by molar-refractivity contribution is 0.166. The molecule has 0 amide bonds. The van der Waals surface area contributed by atoms with Crippen LogP contribution in [0.1, 0.15) is 24.3 Å². The average molecular weight is 270 g/mol. The number of hydrogen-bond acceptors (Lipinski definition) is 3. The fourth-order valence-electron chi connectivity index (χ4n) is 1.79. The van der Waals surface area contributed by atoms with Gasteiger partial charge in [-0.15, -0.1) is 5.10 Å². The van der Waals surface area contributed by atoms with Crippen molar-refractivity contribution in [2.24, 2.45) is 0 Å². The lowest BCUT2D eigenvalue weighted by atomic mass is 10.1. The maximum atomic E-state index is 13.7. The number of halogens is 2. The summed E-state index contributed by atoms with van der Waals surface area (Å²) in [5.41, 5.74) is 0.940. The van der Waals surface area contributed by atoms with Crippen LogP contribution in [0.4, 0.5) is 4.39 Å². The molecule has 1 atom stereocenters. The molecule has 0 bridgehead atoms. The second kappa shape index (κ2) is 5.46. The van der Waals surface area contributed by atoms with Gasteiger partial charge in [-0.2, -0.15) is 0 Å². The van der Waals surface area contributed by atoms with Crippen molar-refractivity contribution in [1.29, 1.82) is 0 Å². The Labute approximate surface area is 109 Å². The third-order valence-corrected chi connectivity index (χ3v) is 3.03. The van der Waals surface area contributed by atoms with Gasteiger partial charge in [-0.1, -0.05) is 28.9 Å². The molecule has 0 aliphatic carbocycles. The Balaban J connectivity index is 2.21. The topological polar surface area (TPSA) is 50.9 Å². The maximum Gasteiger partial charge on any atom is 0.145 e. The third-order valence-electron chi connectivity index (χ3n) is 2.73. The lowest BCUT2D eigenvalue weighted by Gasteiger charge is -2.12. The molecule has 2 rings (SSSR count). The first-order chi connectivity index (χ1) is 8.63. The highest BCUT2D eigenvalue weighted by Gasteiger charge is 2.17. The largest absolute Gasteiger partial charge is 0.386 e. The van der Waals surface area contributed by atoms with E-state index in [0.29, 0.717) is 17.8 Å². The van der Waals surface area contributed by atoms with Crippen LogP contribution in [0.5, 0.6) is 0 Å². The van der Waals surface area contributed by atoms with Crippen LogP contribution < -0.4 is 0 Å². The molecular formula is C12H13ClFN3O. The molecule has 6 heteroatoms. The maximum absolute atomic E-state index is 13.7. The van der Waals surface area contributed by atoms with Gasteiger partial charge in [0.25, 0.3) is 0 Å². The standard InChI is InChI=1S/C12H13ClFN3O/c1-2-17-10(7-15-16-17)11(18)6-8-4-3-5-9(13)12(8)14/h3-5,7,11,18H,2,6H2,1H3. The predicted octanol–water partition coefficient (Wildman–Crippen LogP) is 2.37. The van der Waals surface area contributed by atoms with E-state index in [2.05, 4.69) is 10.3 Å². The minimum atomic E-state index is -0.854. The zero-order chi connectivity index (χ0) is 13.1. The fraction of sp³-hybridized carbons (Fsp3) is 0.333. The molecular weight excluding hydrogens is 257 g/mol. The van der Waals surface area contributed by atoms with E-state index < -0.39 is 11.9 Å². The normalized spacial score (nSPS) is 12.7. The van der Waals surface area contributed by atoms with Crippen molar-refractivity contribution in [1.82, 2.24) is 15.0 Å². The molecule has 1 unspecified atom stereocenters. The summed E-state index contributed by atoms with van der Waals surface area (Å²) in [6, 6.07) is 4.73. The van der Waals surface area contributed by atoms with Crippen molar-refractivity contribution in [3.63, 3.8) is 0 Å². The lowest BCUT2D eigenvalue weighted by Crippen LogP contribution is -2.11. The van der Waals surface area contributed by atoms with E-state index in [1.54, 1.807) is 16.8 Å². The SMILES string of the molecule is CCn1nncc1C(O)Cc1cccc(Cl)c1F. The summed E-state index contributed by atoms with van der Waals surface area (Å²) in [5.74, 6) is -0.492. The van der Waals surface area contributed by atoms with Gasteiger partial charge in [-0.3, -0.25) is 0 Å². The van der Waals surface area contributed by atoms with Gasteiger partial charge in [0.05, 0.1) is 16.9 Å². The zero-order valence-electron chi connectivity index (χ0n) is 9.85. The molecule has 0 fully saturated rings. The minimum Gasteiger partial charge on any atom is -0.386 e. The summed E-state index contributed by atoms with van der Waals surface area (Å²) in [5, 5.41) is 17.7. The van der Waals surface area contributed by atoms with Crippen LogP contribution in [0.2, 0.25) is 5.02 Å². The summed E-state index contributed by atoms with van der Waals surface area (Å²) < 4.78 is 15.3. The molecule has 0 saturated carbocycles. The van der Waals surface area contributed by atoms with Crippen molar-refractivity contribution in [2.75, 3.05) is 0 Å². The molecule has 0 aliphatic heterocycles. The minimum absolute atomic E-state index is 0.0572. The zero-order valence-corrected chi connectivity index (χ0v) is 10.6. The van der Waals surface area contributed by atoms with Crippen LogP contribution in [0.25, 0.3) is 0 Å². The Morgan fingerprint density at radius 2 is 2.28 bits per heavy atom. The Morgan fingerprint density at radius 1 is 1.50 bits per heavy atom. The highest BCUT2D eigenvalue weighted by Crippen LogP contribution is 2.23. The van der Waals surface area contributed by atoms with Crippen molar-refractivity contribution in [3.05, 3.63) is 46.5 Å². The van der Waals surface area contributed by atoms with Gasteiger partial charge in [-0.25, -0.2) is 9.07 Å². The van der Waals surface area contributed by atoms with Gasteiger partial charge in [0.1, 0.15) is 11.9 Å². The summed E-state index contributed by atoms with van der Waals surface area (Å²) in [6.45, 7) is 2.50. The van der Waals surface area contributed by atoms with E-state index in [9.17, 15) is 9.50 Å². The van der Waals surface area contributed by atoms with Crippen molar-refractivity contribution in [2.45, 2.75) is 26.0 Å². The number of aryl methyl sites for hydroxylation is 1. The van der Waals surface area contributed by atoms with E-state index in [1.807, 2.05) is 6.92 Å². The number of nitrogens with zero attached hydrogens (tertiary/aromatic N) is 3. The number of hydrogen-bond donors (Lipinski definition) is 1. The number of aliphatic hydroxyl groups is 1. The third kappa shape index (κ3) is 2.52. The fourth-order valence-corrected chi connectivity index (χ4v) is 1.98. The number of aliphatic hydroxyl groups excluding tert-OH is 1. The van der Waals surface area contributed by atoms with Crippen molar-refractivity contribution < 1.29 is 9.50 Å².